The summed E-state index contributed by atoms with van der Waals surface area (Å²) in [7, 11) is 0. The van der Waals surface area contributed by atoms with Crippen molar-refractivity contribution in [3.05, 3.63) is 11.6 Å². The van der Waals surface area contributed by atoms with Gasteiger partial charge in [-0.3, -0.25) is 4.79 Å². The minimum atomic E-state index is -1.70. The fourth-order valence-electron chi connectivity index (χ4n) is 13.6. The van der Waals surface area contributed by atoms with E-state index in [2.05, 4.69) is 54.5 Å². The van der Waals surface area contributed by atoms with Crippen molar-refractivity contribution in [3.8, 4) is 0 Å². The first-order valence-electron chi connectivity index (χ1n) is 21.1. The molecule has 2 heterocycles. The van der Waals surface area contributed by atoms with Crippen molar-refractivity contribution in [2.45, 2.75) is 181 Å². The van der Waals surface area contributed by atoms with Gasteiger partial charge < -0.3 is 54.3 Å². The molecule has 314 valence electrons. The maximum atomic E-state index is 11.6. The smallest absolute Gasteiger partial charge is 0.302 e. The minimum absolute atomic E-state index is 0.00897. The summed E-state index contributed by atoms with van der Waals surface area (Å²) in [4.78, 5) is 11.4. The van der Waals surface area contributed by atoms with Crippen molar-refractivity contribution in [3.63, 3.8) is 0 Å². The van der Waals surface area contributed by atoms with Crippen molar-refractivity contribution in [2.75, 3.05) is 19.8 Å². The molecule has 6 fully saturated rings. The van der Waals surface area contributed by atoms with Crippen LogP contribution in [0.1, 0.15) is 120 Å². The van der Waals surface area contributed by atoms with Gasteiger partial charge in [-0.05, 0) is 109 Å². The van der Waals surface area contributed by atoms with Gasteiger partial charge in [0.1, 0.15) is 49.3 Å². The molecule has 0 spiro atoms. The number of hydrogen-bond acceptors (Lipinski definition) is 12. The summed E-state index contributed by atoms with van der Waals surface area (Å²) >= 11 is 0. The van der Waals surface area contributed by atoms with Crippen LogP contribution >= 0.6 is 0 Å². The third-order valence-corrected chi connectivity index (χ3v) is 17.2. The monoisotopic (exact) mass is 778 g/mol. The van der Waals surface area contributed by atoms with E-state index in [4.69, 9.17) is 23.7 Å². The van der Waals surface area contributed by atoms with Gasteiger partial charge in [-0.25, -0.2) is 0 Å². The molecular formula is C43H70O12. The predicted molar refractivity (Wildman–Crippen MR) is 201 cm³/mol. The van der Waals surface area contributed by atoms with Gasteiger partial charge in [-0.1, -0.05) is 60.1 Å². The molecule has 0 aromatic carbocycles. The summed E-state index contributed by atoms with van der Waals surface area (Å²) in [5.41, 5.74) is 1.93. The Balaban J connectivity index is 1.07. The molecule has 0 amide bonds. The standard InChI is InChI=1S/C43H70O12/c1-23(45)51-21-27-31(47)32(48)33(49)37(53-27)55-35-26(46)20-52-36(34(35)50)54-30-12-13-40(6)28(39(30,4)5)11-14-42(8)29(40)10-9-24-25-19-38(2,3)15-17-43(25,22-44)18-16-41(24,42)7/h9,25-37,44,46-50H,10-22H2,1-8H3/t25-,26+,27+,28-,29+,30-,31+,32-,33+,34+,35-,36-,37-,40-,41+,42+,43+/m0/s1. The maximum Gasteiger partial charge on any atom is 0.302 e. The van der Waals surface area contributed by atoms with Crippen LogP contribution in [-0.2, 0) is 28.5 Å². The Kier molecular flexibility index (Phi) is 11.1. The normalized spacial score (nSPS) is 51.7. The van der Waals surface area contributed by atoms with Gasteiger partial charge in [-0.15, -0.1) is 0 Å². The SMILES string of the molecule is CC(=O)OC[C@H]1O[C@@H](O[C@@H]2[C@@H](O)[C@H](O[C@H]3CC[C@]4(C)[C@H]5CC=C6[C@@H]7CC(C)(C)CC[C@]7(CO)CC[C@@]6(C)[C@]5(C)CC[C@H]4C3(C)C)OC[C@H]2O)[C@H](O)[C@@H](O)[C@@H]1O. The molecule has 17 atom stereocenters. The highest BCUT2D eigenvalue weighted by Crippen LogP contribution is 2.75. The van der Waals surface area contributed by atoms with Crippen LogP contribution in [0.5, 0.6) is 0 Å². The maximum absolute atomic E-state index is 11.6. The van der Waals surface area contributed by atoms with E-state index in [0.717, 1.165) is 57.8 Å². The van der Waals surface area contributed by atoms with Crippen molar-refractivity contribution in [1.82, 2.24) is 0 Å². The molecule has 0 aromatic rings. The highest BCUT2D eigenvalue weighted by atomic mass is 16.7. The van der Waals surface area contributed by atoms with Crippen molar-refractivity contribution in [1.29, 1.82) is 0 Å². The van der Waals surface area contributed by atoms with Crippen molar-refractivity contribution in [2.24, 2.45) is 50.2 Å². The molecule has 0 unspecified atom stereocenters. The lowest BCUT2D eigenvalue weighted by atomic mass is 9.33. The van der Waals surface area contributed by atoms with Crippen LogP contribution in [0.15, 0.2) is 11.6 Å². The number of allylic oxidation sites excluding steroid dienone is 2. The second kappa shape index (κ2) is 14.5. The van der Waals surface area contributed by atoms with Gasteiger partial charge in [-0.2, -0.15) is 0 Å². The van der Waals surface area contributed by atoms with E-state index in [-0.39, 0.29) is 58.4 Å². The first-order valence-corrected chi connectivity index (χ1v) is 21.1. The molecule has 2 aliphatic heterocycles. The average Bonchev–Trinajstić information content (AvgIpc) is 3.11. The van der Waals surface area contributed by atoms with Crippen LogP contribution in [0, 0.1) is 50.2 Å². The molecule has 6 N–H and O–H groups in total. The van der Waals surface area contributed by atoms with E-state index in [1.165, 1.54) is 13.3 Å². The lowest BCUT2D eigenvalue weighted by molar-refractivity contribution is -0.357. The number of rotatable bonds is 7. The zero-order chi connectivity index (χ0) is 40.1. The Hall–Kier alpha value is -1.19. The van der Waals surface area contributed by atoms with Gasteiger partial charge in [0.2, 0.25) is 0 Å². The number of hydrogen-bond donors (Lipinski definition) is 6. The Labute approximate surface area is 327 Å². The number of aliphatic hydroxyl groups excluding tert-OH is 6. The third kappa shape index (κ3) is 6.68. The molecule has 12 nitrogen and oxygen atoms in total. The summed E-state index contributed by atoms with van der Waals surface area (Å²) in [6.45, 7) is 18.0. The molecule has 0 aromatic heterocycles. The van der Waals surface area contributed by atoms with Gasteiger partial charge >= 0.3 is 5.97 Å². The molecule has 2 saturated heterocycles. The number of ether oxygens (including phenoxy) is 5. The topological polar surface area (TPSA) is 185 Å². The number of carbonyl (C=O) groups excluding carboxylic acids is 1. The largest absolute Gasteiger partial charge is 0.463 e. The molecule has 55 heavy (non-hydrogen) atoms. The Morgan fingerprint density at radius 1 is 0.818 bits per heavy atom. The fourth-order valence-corrected chi connectivity index (χ4v) is 13.6. The van der Waals surface area contributed by atoms with Crippen LogP contribution < -0.4 is 0 Å². The zero-order valence-electron chi connectivity index (χ0n) is 34.4. The first-order chi connectivity index (χ1) is 25.6. The number of fused-ring (bicyclic) bond motifs is 7. The molecule has 0 bridgehead atoms. The molecule has 12 heteroatoms. The van der Waals surface area contributed by atoms with Gasteiger partial charge in [0.15, 0.2) is 12.6 Å². The Morgan fingerprint density at radius 2 is 1.53 bits per heavy atom. The Morgan fingerprint density at radius 3 is 2.22 bits per heavy atom. The molecule has 7 rings (SSSR count). The van der Waals surface area contributed by atoms with Crippen LogP contribution in [-0.4, -0.2) is 118 Å². The van der Waals surface area contributed by atoms with Gasteiger partial charge in [0.05, 0.1) is 12.7 Å². The van der Waals surface area contributed by atoms with Gasteiger partial charge in [0.25, 0.3) is 0 Å². The number of carbonyl (C=O) groups is 1. The highest BCUT2D eigenvalue weighted by molar-refractivity contribution is 5.65. The molecular weight excluding hydrogens is 708 g/mol. The van der Waals surface area contributed by atoms with Crippen LogP contribution in [0.3, 0.4) is 0 Å². The predicted octanol–water partition coefficient (Wildman–Crippen LogP) is 4.00. The molecule has 7 aliphatic rings. The van der Waals surface area contributed by atoms with Crippen molar-refractivity contribution >= 4 is 5.97 Å². The lowest BCUT2D eigenvalue weighted by Gasteiger charge is -2.71. The lowest BCUT2D eigenvalue weighted by Crippen LogP contribution is -2.66. The van der Waals surface area contributed by atoms with Crippen molar-refractivity contribution < 1.29 is 59.1 Å². The molecule has 5 aliphatic carbocycles. The molecule has 4 saturated carbocycles. The van der Waals surface area contributed by atoms with Crippen LogP contribution in [0.4, 0.5) is 0 Å². The van der Waals surface area contributed by atoms with Crippen LogP contribution in [0.2, 0.25) is 0 Å². The number of esters is 1. The van der Waals surface area contributed by atoms with Crippen LogP contribution in [0.25, 0.3) is 0 Å². The van der Waals surface area contributed by atoms with E-state index in [1.54, 1.807) is 5.57 Å². The summed E-state index contributed by atoms with van der Waals surface area (Å²) in [6.07, 6.45) is 0.141. The van der Waals surface area contributed by atoms with Gasteiger partial charge in [0, 0.05) is 18.9 Å². The first kappa shape index (κ1) is 42.0. The Bertz CT molecular complexity index is 1470. The summed E-state index contributed by atoms with van der Waals surface area (Å²) < 4.78 is 29.1. The zero-order valence-corrected chi connectivity index (χ0v) is 34.4. The van der Waals surface area contributed by atoms with E-state index >= 15 is 0 Å². The minimum Gasteiger partial charge on any atom is -0.463 e. The number of aliphatic hydroxyl groups is 6. The van der Waals surface area contributed by atoms with E-state index in [1.807, 2.05) is 0 Å². The van der Waals surface area contributed by atoms with E-state index in [0.29, 0.717) is 17.8 Å². The fraction of sp³-hybridized carbons (Fsp3) is 0.930. The third-order valence-electron chi connectivity index (χ3n) is 17.2. The van der Waals surface area contributed by atoms with E-state index in [9.17, 15) is 35.4 Å². The average molecular weight is 779 g/mol. The highest BCUT2D eigenvalue weighted by Gasteiger charge is 2.68. The summed E-state index contributed by atoms with van der Waals surface area (Å²) in [5.74, 6) is 0.675. The summed E-state index contributed by atoms with van der Waals surface area (Å²) in [6, 6.07) is 0. The molecule has 0 radical (unpaired) electrons. The van der Waals surface area contributed by atoms with E-state index < -0.39 is 61.3 Å². The second-order valence-electron chi connectivity index (χ2n) is 20.9. The quantitative estimate of drug-likeness (QED) is 0.124. The summed E-state index contributed by atoms with van der Waals surface area (Å²) in [5, 5.41) is 64.9. The second-order valence-corrected chi connectivity index (χ2v) is 20.9.